The van der Waals surface area contributed by atoms with Gasteiger partial charge in [-0.3, -0.25) is 0 Å². The van der Waals surface area contributed by atoms with Gasteiger partial charge >= 0.3 is 6.03 Å². The molecule has 0 fully saturated rings. The van der Waals surface area contributed by atoms with Crippen molar-refractivity contribution in [2.75, 3.05) is 6.54 Å². The molecule has 2 aromatic heterocycles. The Balaban J connectivity index is 1.75. The van der Waals surface area contributed by atoms with E-state index in [1.165, 1.54) is 5.56 Å². The van der Waals surface area contributed by atoms with Crippen molar-refractivity contribution in [3.05, 3.63) is 52.2 Å². The number of fused-ring (bicyclic) bond motifs is 2. The molecule has 0 saturated carbocycles. The first-order valence-corrected chi connectivity index (χ1v) is 8.03. The van der Waals surface area contributed by atoms with Crippen LogP contribution in [0.1, 0.15) is 16.7 Å². The number of benzene rings is 1. The minimum atomic E-state index is -0.316. The summed E-state index contributed by atoms with van der Waals surface area (Å²) in [6.07, 6.45) is 0.792. The van der Waals surface area contributed by atoms with Crippen LogP contribution in [-0.2, 0) is 13.0 Å². The smallest absolute Gasteiger partial charge is 0.347 e. The molecule has 0 bridgehead atoms. The van der Waals surface area contributed by atoms with Crippen molar-refractivity contribution in [2.24, 2.45) is 0 Å². The predicted octanol–water partition coefficient (Wildman–Crippen LogP) is 3.13. The van der Waals surface area contributed by atoms with E-state index in [1.54, 1.807) is 17.9 Å². The topological polar surface area (TPSA) is 71.2 Å². The van der Waals surface area contributed by atoms with Gasteiger partial charge in [0.25, 0.3) is 0 Å². The van der Waals surface area contributed by atoms with Gasteiger partial charge in [-0.1, -0.05) is 35.9 Å². The number of hydrogen-bond acceptors (Lipinski definition) is 4. The zero-order valence-electron chi connectivity index (χ0n) is 13.0. The van der Waals surface area contributed by atoms with Crippen LogP contribution in [0.2, 0.25) is 5.15 Å². The predicted molar refractivity (Wildman–Crippen MR) is 90.3 cm³/mol. The molecule has 1 aliphatic rings. The van der Waals surface area contributed by atoms with E-state index in [4.69, 9.17) is 11.6 Å². The van der Waals surface area contributed by atoms with Crippen molar-refractivity contribution < 1.29 is 9.90 Å². The number of carbonyl (C=O) groups excluding carboxylic acids is 1. The van der Waals surface area contributed by atoms with E-state index in [0.29, 0.717) is 18.5 Å². The lowest BCUT2D eigenvalue weighted by Gasteiger charge is -2.28. The van der Waals surface area contributed by atoms with Crippen LogP contribution in [0.15, 0.2) is 30.3 Å². The van der Waals surface area contributed by atoms with Gasteiger partial charge in [0.15, 0.2) is 5.65 Å². The molecule has 122 valence electrons. The van der Waals surface area contributed by atoms with E-state index in [9.17, 15) is 9.90 Å². The average Bonchev–Trinajstić information content (AvgIpc) is 2.90. The molecule has 0 unspecified atom stereocenters. The lowest BCUT2D eigenvalue weighted by Crippen LogP contribution is -2.39. The van der Waals surface area contributed by atoms with E-state index in [0.717, 1.165) is 22.2 Å². The second-order valence-electron chi connectivity index (χ2n) is 5.92. The Morgan fingerprint density at radius 3 is 2.83 bits per heavy atom. The van der Waals surface area contributed by atoms with Crippen LogP contribution in [0.4, 0.5) is 4.79 Å². The Hall–Kier alpha value is -2.60. The SMILES string of the molecule is Cc1cc(Cl)nc2c1c(O)nn2C(=O)N1CCc2ccccc2C1. The molecule has 24 heavy (non-hydrogen) atoms. The third kappa shape index (κ3) is 2.30. The molecule has 1 amide bonds. The number of nitrogens with zero attached hydrogens (tertiary/aromatic N) is 4. The Bertz CT molecular complexity index is 967. The summed E-state index contributed by atoms with van der Waals surface area (Å²) in [6, 6.07) is 9.39. The van der Waals surface area contributed by atoms with Crippen LogP contribution in [0.3, 0.4) is 0 Å². The third-order valence-corrected chi connectivity index (χ3v) is 4.56. The molecule has 3 aromatic rings. The van der Waals surface area contributed by atoms with E-state index in [1.807, 2.05) is 18.2 Å². The Labute approximate surface area is 143 Å². The van der Waals surface area contributed by atoms with Gasteiger partial charge in [0.1, 0.15) is 5.15 Å². The highest BCUT2D eigenvalue weighted by Crippen LogP contribution is 2.29. The molecule has 0 spiro atoms. The van der Waals surface area contributed by atoms with Crippen molar-refractivity contribution in [2.45, 2.75) is 19.9 Å². The summed E-state index contributed by atoms with van der Waals surface area (Å²) in [7, 11) is 0. The molecule has 0 radical (unpaired) electrons. The fourth-order valence-electron chi connectivity index (χ4n) is 3.16. The molecule has 0 aliphatic carbocycles. The van der Waals surface area contributed by atoms with Crippen molar-refractivity contribution >= 4 is 28.7 Å². The number of halogens is 1. The third-order valence-electron chi connectivity index (χ3n) is 4.37. The van der Waals surface area contributed by atoms with Crippen LogP contribution in [0, 0.1) is 6.92 Å². The number of amides is 1. The zero-order chi connectivity index (χ0) is 16.8. The van der Waals surface area contributed by atoms with Crippen molar-refractivity contribution in [3.63, 3.8) is 0 Å². The monoisotopic (exact) mass is 342 g/mol. The van der Waals surface area contributed by atoms with Crippen LogP contribution in [-0.4, -0.2) is 37.3 Å². The van der Waals surface area contributed by atoms with E-state index in [2.05, 4.69) is 16.1 Å². The van der Waals surface area contributed by atoms with Gasteiger partial charge in [-0.25, -0.2) is 9.78 Å². The second-order valence-corrected chi connectivity index (χ2v) is 6.31. The molecule has 3 heterocycles. The van der Waals surface area contributed by atoms with Gasteiger partial charge in [-0.05, 0) is 36.1 Å². The molecule has 0 atom stereocenters. The summed E-state index contributed by atoms with van der Waals surface area (Å²) < 4.78 is 1.14. The van der Waals surface area contributed by atoms with Gasteiger partial charge < -0.3 is 10.0 Å². The van der Waals surface area contributed by atoms with Crippen LogP contribution < -0.4 is 0 Å². The van der Waals surface area contributed by atoms with Crippen molar-refractivity contribution in [1.82, 2.24) is 19.7 Å². The van der Waals surface area contributed by atoms with Crippen molar-refractivity contribution in [1.29, 1.82) is 0 Å². The van der Waals surface area contributed by atoms with E-state index >= 15 is 0 Å². The first-order chi connectivity index (χ1) is 11.5. The van der Waals surface area contributed by atoms with Crippen LogP contribution >= 0.6 is 11.6 Å². The number of aromatic hydroxyl groups is 1. The number of aromatic nitrogens is 3. The summed E-state index contributed by atoms with van der Waals surface area (Å²) in [4.78, 5) is 18.8. The number of pyridine rings is 1. The largest absolute Gasteiger partial charge is 0.492 e. The molecular formula is C17H15ClN4O2. The zero-order valence-corrected chi connectivity index (χ0v) is 13.8. The minimum Gasteiger partial charge on any atom is -0.492 e. The molecule has 1 aliphatic heterocycles. The quantitative estimate of drug-likeness (QED) is 0.637. The average molecular weight is 343 g/mol. The highest BCUT2D eigenvalue weighted by Gasteiger charge is 2.26. The lowest BCUT2D eigenvalue weighted by atomic mass is 10.0. The highest BCUT2D eigenvalue weighted by atomic mass is 35.5. The summed E-state index contributed by atoms with van der Waals surface area (Å²) >= 11 is 6.00. The fraction of sp³-hybridized carbons (Fsp3) is 0.235. The maximum Gasteiger partial charge on any atom is 0.347 e. The number of hydrogen-bond donors (Lipinski definition) is 1. The van der Waals surface area contributed by atoms with Gasteiger partial charge in [-0.15, -0.1) is 5.10 Å². The standard InChI is InChI=1S/C17H15ClN4O2/c1-10-8-13(18)19-15-14(10)16(23)20-22(15)17(24)21-7-6-11-4-2-3-5-12(11)9-21/h2-5,8H,6-7,9H2,1H3,(H,20,23). The van der Waals surface area contributed by atoms with Crippen LogP contribution in [0.5, 0.6) is 5.88 Å². The Morgan fingerprint density at radius 1 is 1.29 bits per heavy atom. The molecule has 4 rings (SSSR count). The van der Waals surface area contributed by atoms with Gasteiger partial charge in [0.05, 0.1) is 5.39 Å². The molecule has 0 saturated heterocycles. The van der Waals surface area contributed by atoms with Gasteiger partial charge in [0.2, 0.25) is 5.88 Å². The summed E-state index contributed by atoms with van der Waals surface area (Å²) in [5.41, 5.74) is 3.39. The molecule has 6 nitrogen and oxygen atoms in total. The van der Waals surface area contributed by atoms with E-state index in [-0.39, 0.29) is 22.7 Å². The lowest BCUT2D eigenvalue weighted by molar-refractivity contribution is 0.191. The Kier molecular flexibility index (Phi) is 3.42. The van der Waals surface area contributed by atoms with Gasteiger partial charge in [-0.2, -0.15) is 4.68 Å². The number of rotatable bonds is 0. The maximum absolute atomic E-state index is 12.9. The number of aryl methyl sites for hydroxylation is 1. The summed E-state index contributed by atoms with van der Waals surface area (Å²) in [5.74, 6) is -0.211. The minimum absolute atomic E-state index is 0.211. The first kappa shape index (κ1) is 15.0. The highest BCUT2D eigenvalue weighted by molar-refractivity contribution is 6.30. The van der Waals surface area contributed by atoms with E-state index < -0.39 is 0 Å². The molecule has 1 N–H and O–H groups in total. The van der Waals surface area contributed by atoms with Crippen molar-refractivity contribution in [3.8, 4) is 5.88 Å². The summed E-state index contributed by atoms with van der Waals surface area (Å²) in [6.45, 7) is 2.90. The summed E-state index contributed by atoms with van der Waals surface area (Å²) in [5, 5.41) is 14.8. The first-order valence-electron chi connectivity index (χ1n) is 7.65. The molecular weight excluding hydrogens is 328 g/mol. The van der Waals surface area contributed by atoms with Gasteiger partial charge in [0, 0.05) is 13.1 Å². The second kappa shape index (κ2) is 5.49. The normalized spacial score (nSPS) is 14.0. The fourth-order valence-corrected chi connectivity index (χ4v) is 3.41. The molecule has 7 heteroatoms. The maximum atomic E-state index is 12.9. The Morgan fingerprint density at radius 2 is 2.04 bits per heavy atom. The molecule has 1 aromatic carbocycles. The van der Waals surface area contributed by atoms with Crippen LogP contribution in [0.25, 0.3) is 11.0 Å². The number of carbonyl (C=O) groups is 1.